The average molecular weight is 290 g/mol. The molecule has 20 heavy (non-hydrogen) atoms. The largest absolute Gasteiger partial charge is 0.399 e. The van der Waals surface area contributed by atoms with Crippen molar-refractivity contribution in [3.63, 3.8) is 0 Å². The maximum atomic E-state index is 12.6. The van der Waals surface area contributed by atoms with E-state index >= 15 is 0 Å². The molecule has 0 saturated heterocycles. The normalized spacial score (nSPS) is 11.4. The molecule has 1 amide bonds. The maximum absolute atomic E-state index is 12.6. The minimum absolute atomic E-state index is 0.115. The number of nitrogens with zero attached hydrogens (tertiary/aromatic N) is 3. The summed E-state index contributed by atoms with van der Waals surface area (Å²) >= 11 is 1.13. The van der Waals surface area contributed by atoms with E-state index in [1.165, 1.54) is 0 Å². The Balaban J connectivity index is 2.35. The van der Waals surface area contributed by atoms with Gasteiger partial charge < -0.3 is 10.6 Å². The average Bonchev–Trinajstić information content (AvgIpc) is 2.86. The number of nitrogens with two attached hydrogens (primary N) is 1. The Morgan fingerprint density at radius 2 is 2.05 bits per heavy atom. The van der Waals surface area contributed by atoms with E-state index in [-0.39, 0.29) is 11.3 Å². The van der Waals surface area contributed by atoms with Gasteiger partial charge in [0.1, 0.15) is 4.88 Å². The summed E-state index contributed by atoms with van der Waals surface area (Å²) in [6, 6.07) is 7.23. The molecule has 0 radical (unpaired) electrons. The molecule has 2 N–H and O–H groups in total. The smallest absolute Gasteiger partial charge is 0.271 e. The number of hydrogen-bond acceptors (Lipinski definition) is 5. The molecular weight excluding hydrogens is 272 g/mol. The van der Waals surface area contributed by atoms with Crippen LogP contribution in [-0.4, -0.2) is 22.5 Å². The van der Waals surface area contributed by atoms with Gasteiger partial charge >= 0.3 is 0 Å². The Morgan fingerprint density at radius 1 is 1.35 bits per heavy atom. The van der Waals surface area contributed by atoms with E-state index in [9.17, 15) is 4.79 Å². The van der Waals surface area contributed by atoms with Crippen LogP contribution in [0.1, 0.15) is 36.1 Å². The SMILES string of the molecule is CN(C(=O)c1snnc1C(C)(C)C)c1cccc(N)c1. The summed E-state index contributed by atoms with van der Waals surface area (Å²) in [5, 5.41) is 4.10. The summed E-state index contributed by atoms with van der Waals surface area (Å²) in [6.45, 7) is 6.04. The summed E-state index contributed by atoms with van der Waals surface area (Å²) < 4.78 is 3.92. The first kappa shape index (κ1) is 14.5. The van der Waals surface area contributed by atoms with Crippen LogP contribution in [0.25, 0.3) is 0 Å². The Bertz CT molecular complexity index is 630. The molecule has 0 saturated carbocycles. The van der Waals surface area contributed by atoms with E-state index in [1.807, 2.05) is 32.9 Å². The molecule has 106 valence electrons. The summed E-state index contributed by atoms with van der Waals surface area (Å²) in [5.41, 5.74) is 7.64. The molecule has 5 nitrogen and oxygen atoms in total. The van der Waals surface area contributed by atoms with E-state index in [2.05, 4.69) is 9.59 Å². The van der Waals surface area contributed by atoms with Crippen LogP contribution in [0, 0.1) is 0 Å². The number of hydrogen-bond donors (Lipinski definition) is 1. The monoisotopic (exact) mass is 290 g/mol. The van der Waals surface area contributed by atoms with E-state index in [0.29, 0.717) is 10.6 Å². The zero-order valence-electron chi connectivity index (χ0n) is 12.0. The summed E-state index contributed by atoms with van der Waals surface area (Å²) in [4.78, 5) is 14.7. The summed E-state index contributed by atoms with van der Waals surface area (Å²) in [6.07, 6.45) is 0. The second-order valence-electron chi connectivity index (χ2n) is 5.66. The minimum atomic E-state index is -0.214. The lowest BCUT2D eigenvalue weighted by molar-refractivity contribution is 0.0994. The number of aromatic nitrogens is 2. The Labute approximate surface area is 122 Å². The number of anilines is 2. The lowest BCUT2D eigenvalue weighted by Gasteiger charge is -2.20. The first-order chi connectivity index (χ1) is 9.30. The summed E-state index contributed by atoms with van der Waals surface area (Å²) in [7, 11) is 1.73. The zero-order chi connectivity index (χ0) is 14.9. The molecule has 2 rings (SSSR count). The van der Waals surface area contributed by atoms with Crippen molar-refractivity contribution < 1.29 is 4.79 Å². The molecule has 0 bridgehead atoms. The third-order valence-electron chi connectivity index (χ3n) is 2.95. The molecule has 6 heteroatoms. The zero-order valence-corrected chi connectivity index (χ0v) is 12.9. The highest BCUT2D eigenvalue weighted by Gasteiger charge is 2.28. The molecule has 0 unspecified atom stereocenters. The van der Waals surface area contributed by atoms with E-state index in [1.54, 1.807) is 24.1 Å². The molecule has 1 aromatic heterocycles. The topological polar surface area (TPSA) is 72.1 Å². The van der Waals surface area contributed by atoms with Crippen LogP contribution in [0.3, 0.4) is 0 Å². The van der Waals surface area contributed by atoms with Crippen molar-refractivity contribution in [1.29, 1.82) is 0 Å². The van der Waals surface area contributed by atoms with E-state index < -0.39 is 0 Å². The fourth-order valence-electron chi connectivity index (χ4n) is 1.82. The lowest BCUT2D eigenvalue weighted by Crippen LogP contribution is -2.28. The van der Waals surface area contributed by atoms with Crippen LogP contribution in [0.5, 0.6) is 0 Å². The van der Waals surface area contributed by atoms with Crippen molar-refractivity contribution in [3.05, 3.63) is 34.8 Å². The first-order valence-corrected chi connectivity index (χ1v) is 7.04. The molecule has 0 fully saturated rings. The number of amides is 1. The quantitative estimate of drug-likeness (QED) is 0.863. The number of rotatable bonds is 2. The molecule has 0 spiro atoms. The van der Waals surface area contributed by atoms with Crippen LogP contribution >= 0.6 is 11.5 Å². The predicted molar refractivity (Wildman–Crippen MR) is 82.2 cm³/mol. The van der Waals surface area contributed by atoms with Crippen LogP contribution in [0.2, 0.25) is 0 Å². The van der Waals surface area contributed by atoms with Gasteiger partial charge in [0.25, 0.3) is 5.91 Å². The highest BCUT2D eigenvalue weighted by Crippen LogP contribution is 2.28. The lowest BCUT2D eigenvalue weighted by atomic mass is 9.91. The van der Waals surface area contributed by atoms with E-state index in [4.69, 9.17) is 5.73 Å². The Morgan fingerprint density at radius 3 is 2.65 bits per heavy atom. The van der Waals surface area contributed by atoms with Crippen molar-refractivity contribution >= 4 is 28.8 Å². The van der Waals surface area contributed by atoms with Crippen molar-refractivity contribution in [2.45, 2.75) is 26.2 Å². The van der Waals surface area contributed by atoms with Gasteiger partial charge in [0.05, 0.1) is 5.69 Å². The second kappa shape index (κ2) is 5.20. The molecule has 2 aromatic rings. The van der Waals surface area contributed by atoms with Crippen LogP contribution < -0.4 is 10.6 Å². The van der Waals surface area contributed by atoms with Gasteiger partial charge in [-0.25, -0.2) is 0 Å². The standard InChI is InChI=1S/C14H18N4OS/c1-14(2,3)12-11(20-17-16-12)13(19)18(4)10-7-5-6-9(15)8-10/h5-8H,15H2,1-4H3. The predicted octanol–water partition coefficient (Wildman–Crippen LogP) is 2.69. The molecular formula is C14H18N4OS. The van der Waals surface area contributed by atoms with Gasteiger partial charge in [0.2, 0.25) is 0 Å². The van der Waals surface area contributed by atoms with Gasteiger partial charge in [-0.2, -0.15) is 0 Å². The fraction of sp³-hybridized carbons (Fsp3) is 0.357. The van der Waals surface area contributed by atoms with Crippen molar-refractivity contribution in [3.8, 4) is 0 Å². The number of nitrogen functional groups attached to an aromatic ring is 1. The van der Waals surface area contributed by atoms with Crippen molar-refractivity contribution in [2.24, 2.45) is 0 Å². The number of benzene rings is 1. The van der Waals surface area contributed by atoms with Crippen LogP contribution in [0.4, 0.5) is 11.4 Å². The van der Waals surface area contributed by atoms with Gasteiger partial charge in [-0.15, -0.1) is 5.10 Å². The molecule has 0 aliphatic carbocycles. The van der Waals surface area contributed by atoms with Crippen molar-refractivity contribution in [1.82, 2.24) is 9.59 Å². The molecule has 0 aliphatic rings. The molecule has 1 heterocycles. The van der Waals surface area contributed by atoms with Gasteiger partial charge in [-0.3, -0.25) is 4.79 Å². The van der Waals surface area contributed by atoms with Crippen LogP contribution in [-0.2, 0) is 5.41 Å². The van der Waals surface area contributed by atoms with Gasteiger partial charge in [0.15, 0.2) is 0 Å². The second-order valence-corrected chi connectivity index (χ2v) is 6.41. The minimum Gasteiger partial charge on any atom is -0.399 e. The van der Waals surface area contributed by atoms with Gasteiger partial charge in [0, 0.05) is 23.8 Å². The van der Waals surface area contributed by atoms with Gasteiger partial charge in [-0.05, 0) is 29.7 Å². The Kier molecular flexibility index (Phi) is 3.76. The molecule has 0 aliphatic heterocycles. The number of carbonyl (C=O) groups excluding carboxylic acids is 1. The fourth-order valence-corrected chi connectivity index (χ4v) is 2.68. The first-order valence-electron chi connectivity index (χ1n) is 6.27. The van der Waals surface area contributed by atoms with Gasteiger partial charge in [-0.1, -0.05) is 31.3 Å². The maximum Gasteiger partial charge on any atom is 0.271 e. The highest BCUT2D eigenvalue weighted by molar-refractivity contribution is 7.08. The summed E-state index contributed by atoms with van der Waals surface area (Å²) in [5.74, 6) is -0.115. The number of carbonyl (C=O) groups is 1. The highest BCUT2D eigenvalue weighted by atomic mass is 32.1. The Hall–Kier alpha value is -1.95. The third kappa shape index (κ3) is 2.80. The van der Waals surface area contributed by atoms with Crippen molar-refractivity contribution in [2.75, 3.05) is 17.7 Å². The van der Waals surface area contributed by atoms with Crippen LogP contribution in [0.15, 0.2) is 24.3 Å². The third-order valence-corrected chi connectivity index (χ3v) is 3.67. The van der Waals surface area contributed by atoms with E-state index in [0.717, 1.165) is 22.9 Å². The molecule has 1 aromatic carbocycles. The molecule has 0 atom stereocenters.